The van der Waals surface area contributed by atoms with E-state index >= 15 is 0 Å². The number of nitro benzene ring substituents is 1. The molecule has 1 heterocycles. The number of halogens is 1. The highest BCUT2D eigenvalue weighted by Crippen LogP contribution is 2.37. The molecule has 0 bridgehead atoms. The van der Waals surface area contributed by atoms with Gasteiger partial charge in [0.25, 0.3) is 11.6 Å². The van der Waals surface area contributed by atoms with Crippen molar-refractivity contribution in [2.24, 2.45) is 0 Å². The molecule has 1 amide bonds. The molecule has 3 aromatic rings. The molecule has 0 spiro atoms. The number of fused-ring (bicyclic) bond motifs is 1. The lowest BCUT2D eigenvalue weighted by molar-refractivity contribution is -0.384. The summed E-state index contributed by atoms with van der Waals surface area (Å²) in [5.41, 5.74) is 1.58. The van der Waals surface area contributed by atoms with Gasteiger partial charge in [0.05, 0.1) is 27.3 Å². The fourth-order valence-corrected chi connectivity index (χ4v) is 4.42. The second-order valence-corrected chi connectivity index (χ2v) is 8.68. The Labute approximate surface area is 189 Å². The Bertz CT molecular complexity index is 1130. The third-order valence-electron chi connectivity index (χ3n) is 4.77. The highest BCUT2D eigenvalue weighted by Gasteiger charge is 2.26. The Morgan fingerprint density at radius 1 is 1.26 bits per heavy atom. The molecule has 0 unspecified atom stereocenters. The van der Waals surface area contributed by atoms with Crippen molar-refractivity contribution >= 4 is 49.9 Å². The van der Waals surface area contributed by atoms with Crippen LogP contribution in [0.25, 0.3) is 10.2 Å². The standard InChI is InChI=1S/C21H23ClN4O4S/c1-13-6-9-17(30-4)18-19(13)31-21(23-18)25(11-5-10-24(2)3)20(27)15-12-14(26(28)29)7-8-16(15)22/h6-9,12H,5,10-11H2,1-4H3. The van der Waals surface area contributed by atoms with E-state index in [1.54, 1.807) is 7.11 Å². The molecule has 31 heavy (non-hydrogen) atoms. The van der Waals surface area contributed by atoms with Gasteiger partial charge in [-0.25, -0.2) is 4.98 Å². The lowest BCUT2D eigenvalue weighted by Gasteiger charge is -2.21. The molecule has 0 saturated heterocycles. The quantitative estimate of drug-likeness (QED) is 0.353. The molecule has 2 aromatic carbocycles. The van der Waals surface area contributed by atoms with Gasteiger partial charge in [0.15, 0.2) is 5.13 Å². The van der Waals surface area contributed by atoms with Crippen molar-refractivity contribution in [3.8, 4) is 5.75 Å². The second-order valence-electron chi connectivity index (χ2n) is 7.29. The van der Waals surface area contributed by atoms with Crippen molar-refractivity contribution in [2.45, 2.75) is 13.3 Å². The largest absolute Gasteiger partial charge is 0.494 e. The van der Waals surface area contributed by atoms with E-state index in [0.717, 1.165) is 16.8 Å². The molecule has 3 rings (SSSR count). The maximum atomic E-state index is 13.5. The number of ether oxygens (including phenoxy) is 1. The third kappa shape index (κ3) is 4.95. The van der Waals surface area contributed by atoms with Gasteiger partial charge in [-0.3, -0.25) is 19.8 Å². The van der Waals surface area contributed by atoms with Crippen molar-refractivity contribution in [3.05, 3.63) is 56.6 Å². The smallest absolute Gasteiger partial charge is 0.270 e. The molecule has 8 nitrogen and oxygen atoms in total. The molecule has 0 aliphatic rings. The van der Waals surface area contributed by atoms with Gasteiger partial charge in [-0.1, -0.05) is 29.0 Å². The highest BCUT2D eigenvalue weighted by atomic mass is 35.5. The van der Waals surface area contributed by atoms with Crippen LogP contribution in [0.4, 0.5) is 10.8 Å². The topological polar surface area (TPSA) is 88.8 Å². The molecule has 0 aliphatic carbocycles. The number of nitrogens with zero attached hydrogens (tertiary/aromatic N) is 4. The number of hydrogen-bond donors (Lipinski definition) is 0. The van der Waals surface area contributed by atoms with Crippen LogP contribution < -0.4 is 9.64 Å². The maximum absolute atomic E-state index is 13.5. The number of benzene rings is 2. The predicted octanol–water partition coefficient (Wildman–Crippen LogP) is 4.77. The van der Waals surface area contributed by atoms with Crippen molar-refractivity contribution in [1.29, 1.82) is 0 Å². The minimum Gasteiger partial charge on any atom is -0.494 e. The molecule has 0 fully saturated rings. The van der Waals surface area contributed by atoms with Gasteiger partial charge >= 0.3 is 0 Å². The number of non-ortho nitro benzene ring substituents is 1. The molecule has 10 heteroatoms. The number of aromatic nitrogens is 1. The van der Waals surface area contributed by atoms with Crippen LogP contribution in [0, 0.1) is 17.0 Å². The number of carbonyl (C=O) groups is 1. The van der Waals surface area contributed by atoms with Crippen LogP contribution in [-0.4, -0.2) is 55.0 Å². The van der Waals surface area contributed by atoms with E-state index in [0.29, 0.717) is 29.4 Å². The monoisotopic (exact) mass is 462 g/mol. The van der Waals surface area contributed by atoms with Gasteiger partial charge in [0, 0.05) is 18.7 Å². The van der Waals surface area contributed by atoms with Crippen molar-refractivity contribution in [1.82, 2.24) is 9.88 Å². The van der Waals surface area contributed by atoms with Crippen molar-refractivity contribution < 1.29 is 14.5 Å². The number of rotatable bonds is 8. The lowest BCUT2D eigenvalue weighted by atomic mass is 10.1. The first kappa shape index (κ1) is 22.9. The number of hydrogen-bond acceptors (Lipinski definition) is 7. The first-order valence-corrected chi connectivity index (χ1v) is 10.8. The number of anilines is 1. The third-order valence-corrected chi connectivity index (χ3v) is 6.31. The van der Waals surface area contributed by atoms with Gasteiger partial charge in [0.1, 0.15) is 11.3 Å². The van der Waals surface area contributed by atoms with Crippen LogP contribution in [0.5, 0.6) is 5.75 Å². The van der Waals surface area contributed by atoms with Crippen LogP contribution >= 0.6 is 22.9 Å². The Morgan fingerprint density at radius 2 is 2.00 bits per heavy atom. The molecule has 0 N–H and O–H groups in total. The molecule has 0 saturated carbocycles. The van der Waals surface area contributed by atoms with Crippen molar-refractivity contribution in [2.75, 3.05) is 39.2 Å². The summed E-state index contributed by atoms with van der Waals surface area (Å²) in [6.07, 6.45) is 0.692. The Morgan fingerprint density at radius 3 is 2.65 bits per heavy atom. The normalized spacial score (nSPS) is 11.2. The summed E-state index contributed by atoms with van der Waals surface area (Å²) in [7, 11) is 5.48. The molecular formula is C21H23ClN4O4S. The van der Waals surface area contributed by atoms with Crippen LogP contribution in [0.2, 0.25) is 5.02 Å². The summed E-state index contributed by atoms with van der Waals surface area (Å²) in [5, 5.41) is 11.9. The highest BCUT2D eigenvalue weighted by molar-refractivity contribution is 7.22. The Balaban J connectivity index is 2.08. The summed E-state index contributed by atoms with van der Waals surface area (Å²) in [6, 6.07) is 7.65. The minimum atomic E-state index is -0.546. The number of nitro groups is 1. The van der Waals surface area contributed by atoms with Crippen LogP contribution in [-0.2, 0) is 0 Å². The predicted molar refractivity (Wildman–Crippen MR) is 124 cm³/mol. The number of thiazole rings is 1. The fourth-order valence-electron chi connectivity index (χ4n) is 3.14. The van der Waals surface area contributed by atoms with E-state index < -0.39 is 10.8 Å². The first-order valence-electron chi connectivity index (χ1n) is 9.57. The van der Waals surface area contributed by atoms with E-state index in [-0.39, 0.29) is 16.3 Å². The summed E-state index contributed by atoms with van der Waals surface area (Å²) in [6.45, 7) is 3.12. The van der Waals surface area contributed by atoms with Gasteiger partial charge in [-0.15, -0.1) is 0 Å². The zero-order valence-corrected chi connectivity index (χ0v) is 19.3. The first-order chi connectivity index (χ1) is 14.7. The zero-order valence-electron chi connectivity index (χ0n) is 17.7. The average molecular weight is 463 g/mol. The van der Waals surface area contributed by atoms with Gasteiger partial charge in [0.2, 0.25) is 0 Å². The summed E-state index contributed by atoms with van der Waals surface area (Å²) in [4.78, 5) is 32.4. The minimum absolute atomic E-state index is 0.0728. The van der Waals surface area contributed by atoms with Crippen LogP contribution in [0.15, 0.2) is 30.3 Å². The zero-order chi connectivity index (χ0) is 22.7. The summed E-state index contributed by atoms with van der Waals surface area (Å²) < 4.78 is 6.35. The van der Waals surface area contributed by atoms with E-state index in [1.807, 2.05) is 38.1 Å². The average Bonchev–Trinajstić information content (AvgIpc) is 3.17. The molecule has 1 aromatic heterocycles. The lowest BCUT2D eigenvalue weighted by Crippen LogP contribution is -2.33. The molecule has 0 aliphatic heterocycles. The maximum Gasteiger partial charge on any atom is 0.270 e. The number of carbonyl (C=O) groups excluding carboxylic acids is 1. The Kier molecular flexibility index (Phi) is 7.09. The number of methoxy groups -OCH3 is 1. The molecule has 164 valence electrons. The van der Waals surface area contributed by atoms with Crippen LogP contribution in [0.1, 0.15) is 22.3 Å². The second kappa shape index (κ2) is 9.59. The molecule has 0 atom stereocenters. The molecule has 0 radical (unpaired) electrons. The van der Waals surface area contributed by atoms with E-state index in [9.17, 15) is 14.9 Å². The van der Waals surface area contributed by atoms with E-state index in [2.05, 4.69) is 4.98 Å². The number of amides is 1. The SMILES string of the molecule is COc1ccc(C)c2sc(N(CCCN(C)C)C(=O)c3cc([N+](=O)[O-])ccc3Cl)nc12. The molecular weight excluding hydrogens is 440 g/mol. The van der Waals surface area contributed by atoms with Crippen molar-refractivity contribution in [3.63, 3.8) is 0 Å². The van der Waals surface area contributed by atoms with E-state index in [1.165, 1.54) is 34.4 Å². The van der Waals surface area contributed by atoms with Gasteiger partial charge in [-0.2, -0.15) is 0 Å². The van der Waals surface area contributed by atoms with Gasteiger partial charge < -0.3 is 9.64 Å². The van der Waals surface area contributed by atoms with Crippen LogP contribution in [0.3, 0.4) is 0 Å². The Hall–Kier alpha value is -2.75. The summed E-state index contributed by atoms with van der Waals surface area (Å²) in [5.74, 6) is 0.195. The van der Waals surface area contributed by atoms with E-state index in [4.69, 9.17) is 16.3 Å². The fraction of sp³-hybridized carbons (Fsp3) is 0.333. The van der Waals surface area contributed by atoms with Gasteiger partial charge in [-0.05, 0) is 51.7 Å². The summed E-state index contributed by atoms with van der Waals surface area (Å²) >= 11 is 7.63. The number of aryl methyl sites for hydroxylation is 1.